The van der Waals surface area contributed by atoms with Gasteiger partial charge in [0.25, 0.3) is 0 Å². The zero-order valence-electron chi connectivity index (χ0n) is 8.04. The van der Waals surface area contributed by atoms with E-state index in [0.29, 0.717) is 18.9 Å². The molecule has 0 aliphatic carbocycles. The van der Waals surface area contributed by atoms with Crippen LogP contribution >= 0.6 is 0 Å². The Bertz CT molecular complexity index is 132. The lowest BCUT2D eigenvalue weighted by Crippen LogP contribution is -2.24. The fourth-order valence-corrected chi connectivity index (χ4v) is 0.964. The third-order valence-corrected chi connectivity index (χ3v) is 1.65. The van der Waals surface area contributed by atoms with Gasteiger partial charge in [-0.2, -0.15) is 0 Å². The van der Waals surface area contributed by atoms with Crippen LogP contribution in [-0.4, -0.2) is 23.8 Å². The Morgan fingerprint density at radius 2 is 2.00 bits per heavy atom. The van der Waals surface area contributed by atoms with Crippen LogP contribution < -0.4 is 0 Å². The van der Waals surface area contributed by atoms with E-state index in [-0.39, 0.29) is 0 Å². The summed E-state index contributed by atoms with van der Waals surface area (Å²) < 4.78 is 5.05. The summed E-state index contributed by atoms with van der Waals surface area (Å²) in [6, 6.07) is 0. The Labute approximate surface area is 73.7 Å². The van der Waals surface area contributed by atoms with Crippen molar-refractivity contribution < 1.29 is 14.6 Å². The maximum atomic E-state index is 10.6. The maximum absolute atomic E-state index is 10.6. The molecular weight excluding hydrogens is 156 g/mol. The zero-order chi connectivity index (χ0) is 9.56. The van der Waals surface area contributed by atoms with Crippen molar-refractivity contribution in [3.63, 3.8) is 0 Å². The van der Waals surface area contributed by atoms with Crippen molar-refractivity contribution in [2.45, 2.75) is 39.7 Å². The molecule has 3 heteroatoms. The summed E-state index contributed by atoms with van der Waals surface area (Å²) in [4.78, 5) is 10.6. The molecule has 1 N–H and O–H groups in total. The van der Waals surface area contributed by atoms with Crippen LogP contribution in [0.4, 0.5) is 0 Å². The number of hydrogen-bond acceptors (Lipinski definition) is 2. The molecule has 0 bridgehead atoms. The van der Waals surface area contributed by atoms with Crippen molar-refractivity contribution in [1.82, 2.24) is 0 Å². The minimum atomic E-state index is -0.850. The molecule has 0 radical (unpaired) electrons. The molecule has 0 amide bonds. The van der Waals surface area contributed by atoms with Crippen molar-refractivity contribution in [2.24, 2.45) is 5.92 Å². The van der Waals surface area contributed by atoms with E-state index in [9.17, 15) is 4.79 Å². The first-order chi connectivity index (χ1) is 5.57. The minimum absolute atomic E-state index is 0.467. The quantitative estimate of drug-likeness (QED) is 0.669. The summed E-state index contributed by atoms with van der Waals surface area (Å²) in [5, 5.41) is 8.69. The average molecular weight is 174 g/mol. The number of carboxylic acid groups (broad SMARTS) is 1. The van der Waals surface area contributed by atoms with E-state index in [1.54, 1.807) is 0 Å². The number of aliphatic carboxylic acids is 1. The molecular formula is C9H18O3. The summed E-state index contributed by atoms with van der Waals surface area (Å²) in [6.07, 6.45) is 0.898. The van der Waals surface area contributed by atoms with Crippen molar-refractivity contribution in [1.29, 1.82) is 0 Å². The lowest BCUT2D eigenvalue weighted by molar-refractivity contribution is -0.150. The van der Waals surface area contributed by atoms with E-state index in [2.05, 4.69) is 13.8 Å². The van der Waals surface area contributed by atoms with E-state index in [1.165, 1.54) is 0 Å². The average Bonchev–Trinajstić information content (AvgIpc) is 1.96. The van der Waals surface area contributed by atoms with Crippen molar-refractivity contribution in [3.8, 4) is 0 Å². The highest BCUT2D eigenvalue weighted by Crippen LogP contribution is 2.09. The minimum Gasteiger partial charge on any atom is -0.479 e. The molecule has 3 nitrogen and oxygen atoms in total. The molecule has 0 aromatic rings. The molecule has 0 aromatic carbocycles. The van der Waals surface area contributed by atoms with Crippen LogP contribution in [0.1, 0.15) is 33.6 Å². The Balaban J connectivity index is 3.71. The van der Waals surface area contributed by atoms with Crippen LogP contribution in [0.15, 0.2) is 0 Å². The van der Waals surface area contributed by atoms with Crippen LogP contribution in [0.5, 0.6) is 0 Å². The standard InChI is InChI=1S/C9H18O3/c1-4-12-8(9(10)11)6-5-7(2)3/h7-8H,4-6H2,1-3H3,(H,10,11). The number of hydrogen-bond donors (Lipinski definition) is 1. The highest BCUT2D eigenvalue weighted by Gasteiger charge is 2.16. The van der Waals surface area contributed by atoms with Gasteiger partial charge in [0, 0.05) is 6.61 Å². The summed E-state index contributed by atoms with van der Waals surface area (Å²) in [6.45, 7) is 6.43. The van der Waals surface area contributed by atoms with Gasteiger partial charge in [0.15, 0.2) is 6.10 Å². The van der Waals surface area contributed by atoms with Gasteiger partial charge in [0.05, 0.1) is 0 Å². The molecule has 1 unspecified atom stereocenters. The molecule has 0 aromatic heterocycles. The largest absolute Gasteiger partial charge is 0.479 e. The Hall–Kier alpha value is -0.570. The van der Waals surface area contributed by atoms with Crippen LogP contribution in [0.3, 0.4) is 0 Å². The second-order valence-electron chi connectivity index (χ2n) is 3.25. The molecule has 0 saturated carbocycles. The molecule has 0 saturated heterocycles. The number of rotatable bonds is 6. The highest BCUT2D eigenvalue weighted by molar-refractivity contribution is 5.72. The second kappa shape index (κ2) is 6.00. The van der Waals surface area contributed by atoms with Gasteiger partial charge in [-0.1, -0.05) is 13.8 Å². The molecule has 0 heterocycles. The first-order valence-electron chi connectivity index (χ1n) is 4.42. The van der Waals surface area contributed by atoms with Crippen LogP contribution in [0.25, 0.3) is 0 Å². The predicted octanol–water partition coefficient (Wildman–Crippen LogP) is 1.91. The van der Waals surface area contributed by atoms with Gasteiger partial charge in [0.1, 0.15) is 0 Å². The van der Waals surface area contributed by atoms with Crippen molar-refractivity contribution >= 4 is 5.97 Å². The van der Waals surface area contributed by atoms with Gasteiger partial charge in [-0.3, -0.25) is 0 Å². The normalized spacial score (nSPS) is 13.3. The van der Waals surface area contributed by atoms with Gasteiger partial charge >= 0.3 is 5.97 Å². The van der Waals surface area contributed by atoms with Crippen LogP contribution in [0.2, 0.25) is 0 Å². The van der Waals surface area contributed by atoms with Gasteiger partial charge in [-0.15, -0.1) is 0 Å². The maximum Gasteiger partial charge on any atom is 0.332 e. The molecule has 0 fully saturated rings. The summed E-state index contributed by atoms with van der Waals surface area (Å²) in [5.74, 6) is -0.315. The summed E-state index contributed by atoms with van der Waals surface area (Å²) in [7, 11) is 0. The molecule has 0 spiro atoms. The zero-order valence-corrected chi connectivity index (χ0v) is 8.04. The van der Waals surface area contributed by atoms with Gasteiger partial charge in [-0.05, 0) is 25.7 Å². The first-order valence-corrected chi connectivity index (χ1v) is 4.42. The van der Waals surface area contributed by atoms with Gasteiger partial charge in [0.2, 0.25) is 0 Å². The lowest BCUT2D eigenvalue weighted by Gasteiger charge is -2.12. The SMILES string of the molecule is CCOC(CCC(C)C)C(=O)O. The number of carboxylic acids is 1. The monoisotopic (exact) mass is 174 g/mol. The molecule has 1 atom stereocenters. The van der Waals surface area contributed by atoms with Gasteiger partial charge in [-0.25, -0.2) is 4.79 Å². The molecule has 72 valence electrons. The predicted molar refractivity (Wildman–Crippen MR) is 47.1 cm³/mol. The Morgan fingerprint density at radius 3 is 2.33 bits per heavy atom. The number of carbonyl (C=O) groups is 1. The van der Waals surface area contributed by atoms with E-state index < -0.39 is 12.1 Å². The third kappa shape index (κ3) is 5.13. The lowest BCUT2D eigenvalue weighted by atomic mass is 10.1. The third-order valence-electron chi connectivity index (χ3n) is 1.65. The van der Waals surface area contributed by atoms with E-state index in [4.69, 9.17) is 9.84 Å². The van der Waals surface area contributed by atoms with Crippen LogP contribution in [-0.2, 0) is 9.53 Å². The smallest absolute Gasteiger partial charge is 0.332 e. The van der Waals surface area contributed by atoms with Crippen molar-refractivity contribution in [3.05, 3.63) is 0 Å². The fraction of sp³-hybridized carbons (Fsp3) is 0.889. The number of ether oxygens (including phenoxy) is 1. The molecule has 0 aliphatic heterocycles. The van der Waals surface area contributed by atoms with E-state index in [1.807, 2.05) is 6.92 Å². The fourth-order valence-electron chi connectivity index (χ4n) is 0.964. The highest BCUT2D eigenvalue weighted by atomic mass is 16.5. The van der Waals surface area contributed by atoms with E-state index >= 15 is 0 Å². The van der Waals surface area contributed by atoms with Crippen molar-refractivity contribution in [2.75, 3.05) is 6.61 Å². The van der Waals surface area contributed by atoms with Crippen LogP contribution in [0, 0.1) is 5.92 Å². The van der Waals surface area contributed by atoms with Gasteiger partial charge < -0.3 is 9.84 Å². The first kappa shape index (κ1) is 11.4. The summed E-state index contributed by atoms with van der Waals surface area (Å²) >= 11 is 0. The molecule has 0 aliphatic rings. The molecule has 12 heavy (non-hydrogen) atoms. The Kier molecular flexibility index (Phi) is 5.72. The molecule has 0 rings (SSSR count). The van der Waals surface area contributed by atoms with E-state index in [0.717, 1.165) is 6.42 Å². The topological polar surface area (TPSA) is 46.5 Å². The Morgan fingerprint density at radius 1 is 1.42 bits per heavy atom. The second-order valence-corrected chi connectivity index (χ2v) is 3.25. The summed E-state index contributed by atoms with van der Waals surface area (Å²) in [5.41, 5.74) is 0.